The Hall–Kier alpha value is -0.570. The monoisotopic (exact) mass is 247 g/mol. The molecule has 0 aliphatic rings. The van der Waals surface area contributed by atoms with Gasteiger partial charge in [-0.2, -0.15) is 0 Å². The van der Waals surface area contributed by atoms with Crippen molar-refractivity contribution in [3.8, 4) is 0 Å². The summed E-state index contributed by atoms with van der Waals surface area (Å²) >= 11 is 11.1. The third-order valence-electron chi connectivity index (χ3n) is 1.89. The molecule has 4 heteroatoms. The summed E-state index contributed by atoms with van der Waals surface area (Å²) in [7, 11) is 0. The molecule has 0 heterocycles. The van der Waals surface area contributed by atoms with Crippen molar-refractivity contribution < 1.29 is 4.39 Å². The predicted molar refractivity (Wildman–Crippen MR) is 62.8 cm³/mol. The van der Waals surface area contributed by atoms with Gasteiger partial charge in [0.25, 0.3) is 0 Å². The van der Waals surface area contributed by atoms with Crippen molar-refractivity contribution in [2.45, 2.75) is 6.42 Å². The maximum atomic E-state index is 12.8. The Labute approximate surface area is 98.9 Å². The van der Waals surface area contributed by atoms with E-state index in [4.69, 9.17) is 23.2 Å². The van der Waals surface area contributed by atoms with Gasteiger partial charge in [-0.3, -0.25) is 0 Å². The van der Waals surface area contributed by atoms with Gasteiger partial charge in [0.05, 0.1) is 0 Å². The third-order valence-corrected chi connectivity index (χ3v) is 2.51. The molecule has 1 aromatic carbocycles. The number of benzene rings is 1. The van der Waals surface area contributed by atoms with Crippen molar-refractivity contribution in [1.82, 2.24) is 5.32 Å². The minimum absolute atomic E-state index is 0.203. The van der Waals surface area contributed by atoms with Crippen molar-refractivity contribution in [1.29, 1.82) is 0 Å². The highest BCUT2D eigenvalue weighted by Gasteiger charge is 1.95. The first-order chi connectivity index (χ1) is 7.22. The van der Waals surface area contributed by atoms with Gasteiger partial charge in [-0.05, 0) is 30.7 Å². The van der Waals surface area contributed by atoms with Crippen molar-refractivity contribution in [2.75, 3.05) is 13.1 Å². The predicted octanol–water partition coefficient (Wildman–Crippen LogP) is 3.28. The zero-order chi connectivity index (χ0) is 11.1. The highest BCUT2D eigenvalue weighted by atomic mass is 35.5. The van der Waals surface area contributed by atoms with Gasteiger partial charge in [-0.1, -0.05) is 35.3 Å². The summed E-state index contributed by atoms with van der Waals surface area (Å²) in [5.41, 5.74) is 2.30. The van der Waals surface area contributed by atoms with Crippen molar-refractivity contribution in [2.24, 2.45) is 0 Å². The first-order valence-electron chi connectivity index (χ1n) is 4.62. The van der Waals surface area contributed by atoms with Gasteiger partial charge >= 0.3 is 0 Å². The summed E-state index contributed by atoms with van der Waals surface area (Å²) in [5, 5.41) is 3.66. The Bertz CT molecular complexity index is 339. The number of hydrogen-bond acceptors (Lipinski definition) is 1. The van der Waals surface area contributed by atoms with Gasteiger partial charge in [0.2, 0.25) is 0 Å². The zero-order valence-corrected chi connectivity index (χ0v) is 9.65. The fourth-order valence-electron chi connectivity index (χ4n) is 1.17. The van der Waals surface area contributed by atoms with Crippen LogP contribution in [-0.2, 0) is 6.42 Å². The second-order valence-electron chi connectivity index (χ2n) is 3.11. The zero-order valence-electron chi connectivity index (χ0n) is 8.14. The molecule has 0 unspecified atom stereocenters. The Morgan fingerprint density at radius 1 is 1.47 bits per heavy atom. The van der Waals surface area contributed by atoms with E-state index in [0.29, 0.717) is 11.6 Å². The van der Waals surface area contributed by atoms with E-state index in [2.05, 4.69) is 5.32 Å². The topological polar surface area (TPSA) is 12.0 Å². The van der Waals surface area contributed by atoms with E-state index < -0.39 is 0 Å². The average molecular weight is 248 g/mol. The third kappa shape index (κ3) is 5.17. The molecule has 0 aliphatic heterocycles. The molecule has 1 N–H and O–H groups in total. The van der Waals surface area contributed by atoms with Gasteiger partial charge in [-0.15, -0.1) is 0 Å². The van der Waals surface area contributed by atoms with Crippen molar-refractivity contribution >= 4 is 23.2 Å². The number of rotatable bonds is 5. The molecular formula is C11H12Cl2FN. The second kappa shape index (κ2) is 6.83. The summed E-state index contributed by atoms with van der Waals surface area (Å²) in [6.45, 7) is 1.28. The molecule has 0 saturated carbocycles. The molecule has 0 spiro atoms. The van der Waals surface area contributed by atoms with Crippen LogP contribution in [0.5, 0.6) is 0 Å². The molecule has 0 fully saturated rings. The van der Waals surface area contributed by atoms with Crippen LogP contribution in [0.1, 0.15) is 5.56 Å². The molecule has 1 aromatic rings. The lowest BCUT2D eigenvalue weighted by Gasteiger charge is -2.03. The van der Waals surface area contributed by atoms with Crippen molar-refractivity contribution in [3.63, 3.8) is 0 Å². The van der Waals surface area contributed by atoms with E-state index in [1.165, 1.54) is 17.7 Å². The van der Waals surface area contributed by atoms with Crippen LogP contribution in [0.25, 0.3) is 0 Å². The largest absolute Gasteiger partial charge is 0.311 e. The molecular weight excluding hydrogens is 236 g/mol. The Kier molecular flexibility index (Phi) is 5.69. The maximum absolute atomic E-state index is 12.8. The lowest BCUT2D eigenvalue weighted by atomic mass is 10.1. The van der Waals surface area contributed by atoms with E-state index >= 15 is 0 Å². The summed E-state index contributed by atoms with van der Waals surface area (Å²) < 4.78 is 12.8. The molecule has 82 valence electrons. The first-order valence-corrected chi connectivity index (χ1v) is 5.43. The van der Waals surface area contributed by atoms with Gasteiger partial charge < -0.3 is 5.32 Å². The van der Waals surface area contributed by atoms with Crippen LogP contribution >= 0.6 is 23.2 Å². The van der Waals surface area contributed by atoms with Gasteiger partial charge in [0.15, 0.2) is 0 Å². The average Bonchev–Trinajstić information content (AvgIpc) is 2.24. The normalized spacial score (nSPS) is 11.8. The number of hydrogen-bond donors (Lipinski definition) is 1. The first kappa shape index (κ1) is 12.5. The molecule has 0 aliphatic carbocycles. The van der Waals surface area contributed by atoms with E-state index in [1.54, 1.807) is 6.07 Å². The summed E-state index contributed by atoms with van der Waals surface area (Å²) in [5.74, 6) is -0.203. The molecule has 0 bridgehead atoms. The lowest BCUT2D eigenvalue weighted by molar-refractivity contribution is 0.624. The van der Waals surface area contributed by atoms with E-state index in [-0.39, 0.29) is 5.82 Å². The van der Waals surface area contributed by atoms with Crippen LogP contribution < -0.4 is 5.32 Å². The van der Waals surface area contributed by atoms with Gasteiger partial charge in [0.1, 0.15) is 5.82 Å². The highest BCUT2D eigenvalue weighted by Crippen LogP contribution is 2.04. The molecule has 0 amide bonds. The standard InChI is InChI=1S/C11H12Cl2FN/c12-7-10(13)8-15-5-4-9-2-1-3-11(14)6-9/h1-3,6-7,15H,4-5,8H2. The van der Waals surface area contributed by atoms with Crippen LogP contribution in [0.3, 0.4) is 0 Å². The molecule has 0 aromatic heterocycles. The number of nitrogens with one attached hydrogen (secondary N) is 1. The van der Waals surface area contributed by atoms with Gasteiger partial charge in [-0.25, -0.2) is 4.39 Å². The molecule has 15 heavy (non-hydrogen) atoms. The fourth-order valence-corrected chi connectivity index (χ4v) is 1.34. The summed E-state index contributed by atoms with van der Waals surface area (Å²) in [4.78, 5) is 0. The SMILES string of the molecule is Fc1cccc(CCNCC(Cl)=CCl)c1. The van der Waals surface area contributed by atoms with Crippen LogP contribution in [0.4, 0.5) is 4.39 Å². The maximum Gasteiger partial charge on any atom is 0.123 e. The molecule has 0 saturated heterocycles. The van der Waals surface area contributed by atoms with Crippen LogP contribution in [0.2, 0.25) is 0 Å². The molecule has 1 rings (SSSR count). The van der Waals surface area contributed by atoms with Crippen molar-refractivity contribution in [3.05, 3.63) is 46.2 Å². The molecule has 0 atom stereocenters. The molecule has 1 nitrogen and oxygen atoms in total. The quantitative estimate of drug-likeness (QED) is 0.788. The minimum Gasteiger partial charge on any atom is -0.311 e. The lowest BCUT2D eigenvalue weighted by Crippen LogP contribution is -2.18. The second-order valence-corrected chi connectivity index (χ2v) is 3.82. The number of halogens is 3. The molecule has 0 radical (unpaired) electrons. The van der Waals surface area contributed by atoms with E-state index in [9.17, 15) is 4.39 Å². The van der Waals surface area contributed by atoms with Gasteiger partial charge in [0, 0.05) is 17.1 Å². The fraction of sp³-hybridized carbons (Fsp3) is 0.273. The summed E-state index contributed by atoms with van der Waals surface area (Å²) in [6.07, 6.45) is 0.768. The van der Waals surface area contributed by atoms with E-state index in [0.717, 1.165) is 18.5 Å². The smallest absolute Gasteiger partial charge is 0.123 e. The Morgan fingerprint density at radius 2 is 2.27 bits per heavy atom. The van der Waals surface area contributed by atoms with Crippen LogP contribution in [0, 0.1) is 5.82 Å². The van der Waals surface area contributed by atoms with E-state index in [1.807, 2.05) is 6.07 Å². The minimum atomic E-state index is -0.203. The Morgan fingerprint density at radius 3 is 2.93 bits per heavy atom. The van der Waals surface area contributed by atoms with Crippen LogP contribution in [0.15, 0.2) is 34.8 Å². The van der Waals surface area contributed by atoms with Crippen LogP contribution in [-0.4, -0.2) is 13.1 Å². The summed E-state index contributed by atoms with van der Waals surface area (Å²) in [6, 6.07) is 6.56. The highest BCUT2D eigenvalue weighted by molar-refractivity contribution is 6.36. The Balaban J connectivity index is 2.26.